The van der Waals surface area contributed by atoms with Gasteiger partial charge in [0.05, 0.1) is 50.3 Å². The maximum absolute atomic E-state index is 4.99. The van der Waals surface area contributed by atoms with Crippen LogP contribution in [0.15, 0.2) is 146 Å². The zero-order valence-corrected chi connectivity index (χ0v) is 35.0. The first kappa shape index (κ1) is 36.6. The van der Waals surface area contributed by atoms with Gasteiger partial charge in [-0.1, -0.05) is 94.4 Å². The quantitative estimate of drug-likeness (QED) is 0.161. The molecule has 0 atom stereocenters. The van der Waals surface area contributed by atoms with Crippen LogP contribution in [0.25, 0.3) is 88.6 Å². The zero-order chi connectivity index (χ0) is 38.1. The smallest absolute Gasteiger partial charge is 0.0792 e. The second kappa shape index (κ2) is 14.5. The molecule has 11 aromatic rings. The van der Waals surface area contributed by atoms with E-state index >= 15 is 0 Å². The standard InChI is InChI=1S/C26H16N3.C25H25N2.Ir/c1-28-24-14-20-19-12-7-11-18-17-10-5-6-13-22(17)29(25(18)19)23(20)15-21(24)27-26(28)16-8-3-2-4-9-16;1-17(2)20-13-10-14-21(18(3)4)24(20)27-23-16-9-8-15-22(23)26-25(27)19-11-6-5-7-12-19;/h2-8,10-15H,1H3;5-11,13-18H,1-4H3;/q2*-1;. The number of para-hydroxylation sites is 5. The minimum absolute atomic E-state index is 0. The topological polar surface area (TPSA) is 40.0 Å². The Labute approximate surface area is 345 Å². The maximum Gasteiger partial charge on any atom is 0.0792 e. The van der Waals surface area contributed by atoms with Crippen LogP contribution in [-0.4, -0.2) is 23.5 Å². The van der Waals surface area contributed by atoms with E-state index in [-0.39, 0.29) is 20.1 Å². The molecule has 0 aliphatic heterocycles. The van der Waals surface area contributed by atoms with Gasteiger partial charge in [-0.2, -0.15) is 0 Å². The van der Waals surface area contributed by atoms with E-state index in [0.717, 1.165) is 44.8 Å². The van der Waals surface area contributed by atoms with Crippen molar-refractivity contribution in [3.63, 3.8) is 0 Å². The summed E-state index contributed by atoms with van der Waals surface area (Å²) in [7, 11) is 2.09. The summed E-state index contributed by atoms with van der Waals surface area (Å²) < 4.78 is 6.91. The summed E-state index contributed by atoms with van der Waals surface area (Å²) in [6.45, 7) is 9.04. The fraction of sp³-hybridized carbons (Fsp3) is 0.137. The van der Waals surface area contributed by atoms with Gasteiger partial charge in [0.1, 0.15) is 0 Å². The van der Waals surface area contributed by atoms with E-state index < -0.39 is 0 Å². The number of rotatable bonds is 5. The molecule has 0 spiro atoms. The number of aryl methyl sites for hydroxylation is 1. The van der Waals surface area contributed by atoms with Gasteiger partial charge in [0.2, 0.25) is 0 Å². The Bertz CT molecular complexity index is 3180. The number of benzene rings is 7. The predicted octanol–water partition coefficient (Wildman–Crippen LogP) is 12.9. The molecular formula is C51H41IrN5-2. The Balaban J connectivity index is 0.000000146. The van der Waals surface area contributed by atoms with E-state index in [1.165, 1.54) is 54.9 Å². The fourth-order valence-corrected chi connectivity index (χ4v) is 8.62. The van der Waals surface area contributed by atoms with Crippen LogP contribution in [0.5, 0.6) is 0 Å². The van der Waals surface area contributed by atoms with Crippen molar-refractivity contribution >= 4 is 60.2 Å². The summed E-state index contributed by atoms with van der Waals surface area (Å²) in [5.41, 5.74) is 14.1. The number of imidazole rings is 2. The predicted molar refractivity (Wildman–Crippen MR) is 233 cm³/mol. The zero-order valence-electron chi connectivity index (χ0n) is 32.6. The monoisotopic (exact) mass is 916 g/mol. The van der Waals surface area contributed by atoms with Gasteiger partial charge in [-0.15, -0.1) is 71.8 Å². The van der Waals surface area contributed by atoms with Crippen LogP contribution in [0, 0.1) is 12.1 Å². The molecule has 281 valence electrons. The van der Waals surface area contributed by atoms with Crippen molar-refractivity contribution in [2.24, 2.45) is 7.05 Å². The fourth-order valence-electron chi connectivity index (χ4n) is 8.62. The summed E-state index contributed by atoms with van der Waals surface area (Å²) in [6.07, 6.45) is 0. The molecular weight excluding hydrogens is 875 g/mol. The summed E-state index contributed by atoms with van der Waals surface area (Å²) in [5.74, 6) is 2.74. The summed E-state index contributed by atoms with van der Waals surface area (Å²) in [5, 5.41) is 5.18. The molecule has 0 N–H and O–H groups in total. The first-order chi connectivity index (χ1) is 27.4. The Morgan fingerprint density at radius 2 is 1.05 bits per heavy atom. The number of aromatic nitrogens is 5. The van der Waals surface area contributed by atoms with Crippen molar-refractivity contribution in [1.29, 1.82) is 0 Å². The number of nitrogens with zero attached hydrogens (tertiary/aromatic N) is 5. The van der Waals surface area contributed by atoms with Gasteiger partial charge in [0, 0.05) is 54.4 Å². The number of hydrogen-bond donors (Lipinski definition) is 0. The Kier molecular flexibility index (Phi) is 9.27. The largest absolute Gasteiger partial charge is 0.367 e. The molecule has 0 fully saturated rings. The van der Waals surface area contributed by atoms with Crippen LogP contribution >= 0.6 is 0 Å². The van der Waals surface area contributed by atoms with Crippen LogP contribution in [0.1, 0.15) is 50.7 Å². The summed E-state index contributed by atoms with van der Waals surface area (Å²) >= 11 is 0. The molecule has 7 aromatic carbocycles. The number of hydrogen-bond acceptors (Lipinski definition) is 2. The molecule has 0 aliphatic rings. The molecule has 0 saturated heterocycles. The van der Waals surface area contributed by atoms with Crippen molar-refractivity contribution in [1.82, 2.24) is 23.5 Å². The van der Waals surface area contributed by atoms with Gasteiger partial charge in [0.25, 0.3) is 0 Å². The molecule has 0 amide bonds. The Morgan fingerprint density at radius 3 is 1.72 bits per heavy atom. The molecule has 5 nitrogen and oxygen atoms in total. The minimum Gasteiger partial charge on any atom is -0.367 e. The van der Waals surface area contributed by atoms with E-state index in [4.69, 9.17) is 9.97 Å². The van der Waals surface area contributed by atoms with Crippen LogP contribution < -0.4 is 0 Å². The molecule has 0 unspecified atom stereocenters. The Hall–Kier alpha value is -6.07. The van der Waals surface area contributed by atoms with Crippen molar-refractivity contribution in [3.05, 3.63) is 169 Å². The average Bonchev–Trinajstić information content (AvgIpc) is 3.98. The molecule has 1 radical (unpaired) electrons. The van der Waals surface area contributed by atoms with Gasteiger partial charge in [-0.25, -0.2) is 0 Å². The molecule has 0 bridgehead atoms. The SMILES string of the molecule is CC(C)c1cccc(C(C)C)c1-n1c(-c2[c-]cccc2)nc2ccccc21.Cn1c(-c2[c-]cccc2)nc2cc3c(cc21)c1cccc2c4ccccc4n3c21.[Ir]. The normalized spacial score (nSPS) is 11.8. The second-order valence-corrected chi connectivity index (χ2v) is 15.3. The number of fused-ring (bicyclic) bond motifs is 8. The molecule has 0 aliphatic carbocycles. The third kappa shape index (κ3) is 5.86. The molecule has 6 heteroatoms. The van der Waals surface area contributed by atoms with E-state index in [1.54, 1.807) is 0 Å². The molecule has 4 aromatic heterocycles. The third-order valence-corrected chi connectivity index (χ3v) is 11.3. The van der Waals surface area contributed by atoms with Crippen molar-refractivity contribution < 1.29 is 20.1 Å². The van der Waals surface area contributed by atoms with E-state index in [9.17, 15) is 0 Å². The van der Waals surface area contributed by atoms with Crippen molar-refractivity contribution in [2.45, 2.75) is 39.5 Å². The maximum atomic E-state index is 4.99. The van der Waals surface area contributed by atoms with Crippen LogP contribution in [0.4, 0.5) is 0 Å². The van der Waals surface area contributed by atoms with Crippen LogP contribution in [-0.2, 0) is 27.2 Å². The third-order valence-electron chi connectivity index (χ3n) is 11.3. The Morgan fingerprint density at radius 1 is 0.491 bits per heavy atom. The first-order valence-corrected chi connectivity index (χ1v) is 19.5. The van der Waals surface area contributed by atoms with Gasteiger partial charge >= 0.3 is 0 Å². The molecule has 57 heavy (non-hydrogen) atoms. The van der Waals surface area contributed by atoms with E-state index in [0.29, 0.717) is 11.8 Å². The summed E-state index contributed by atoms with van der Waals surface area (Å²) in [6, 6.07) is 57.7. The molecule has 4 heterocycles. The second-order valence-electron chi connectivity index (χ2n) is 15.3. The van der Waals surface area contributed by atoms with Crippen LogP contribution in [0.3, 0.4) is 0 Å². The average molecular weight is 916 g/mol. The van der Waals surface area contributed by atoms with Crippen molar-refractivity contribution in [2.75, 3.05) is 0 Å². The van der Waals surface area contributed by atoms with Crippen LogP contribution in [0.2, 0.25) is 0 Å². The molecule has 11 rings (SSSR count). The summed E-state index contributed by atoms with van der Waals surface area (Å²) in [4.78, 5) is 9.96. The van der Waals surface area contributed by atoms with Gasteiger partial charge in [0.15, 0.2) is 0 Å². The molecule has 0 saturated carbocycles. The van der Waals surface area contributed by atoms with E-state index in [1.807, 2.05) is 36.4 Å². The van der Waals surface area contributed by atoms with Gasteiger partial charge in [-0.3, -0.25) is 9.97 Å². The van der Waals surface area contributed by atoms with Gasteiger partial charge in [-0.05, 0) is 53.3 Å². The van der Waals surface area contributed by atoms with Crippen molar-refractivity contribution in [3.8, 4) is 28.5 Å². The first-order valence-electron chi connectivity index (χ1n) is 19.5. The van der Waals surface area contributed by atoms with Gasteiger partial charge < -0.3 is 13.5 Å². The van der Waals surface area contributed by atoms with E-state index in [2.05, 4.69) is 170 Å². The minimum atomic E-state index is 0.